The van der Waals surface area contributed by atoms with Gasteiger partial charge in [0.2, 0.25) is 0 Å². The molecule has 0 aliphatic heterocycles. The number of nitrogens with one attached hydrogen (secondary N) is 2. The molecule has 0 saturated carbocycles. The van der Waals surface area contributed by atoms with Gasteiger partial charge < -0.3 is 36.2 Å². The van der Waals surface area contributed by atoms with E-state index in [1.807, 2.05) is 0 Å². The summed E-state index contributed by atoms with van der Waals surface area (Å²) >= 11 is 5.26. The van der Waals surface area contributed by atoms with Crippen molar-refractivity contribution in [3.8, 4) is 5.75 Å². The zero-order chi connectivity index (χ0) is 19.3. The Kier molecular flexibility index (Phi) is 9.54. The number of hydrogen-bond acceptors (Lipinski definition) is 7. The first-order chi connectivity index (χ1) is 11.6. The molecule has 0 aromatic heterocycles. The molecule has 2 unspecified atom stereocenters. The van der Waals surface area contributed by atoms with Crippen molar-refractivity contribution < 1.29 is 35.1 Å². The van der Waals surface area contributed by atoms with Gasteiger partial charge in [-0.05, 0) is 67.8 Å². The maximum atomic E-state index is 12.4. The number of phenols is 1. The van der Waals surface area contributed by atoms with Crippen molar-refractivity contribution in [3.05, 3.63) is 21.8 Å². The minimum Gasteiger partial charge on any atom is -0.506 e. The predicted molar refractivity (Wildman–Crippen MR) is 112 cm³/mol. The summed E-state index contributed by atoms with van der Waals surface area (Å²) in [6, 6.07) is 0. The highest BCUT2D eigenvalue weighted by molar-refractivity contribution is 14.1. The van der Waals surface area contributed by atoms with E-state index in [-0.39, 0.29) is 34.1 Å². The van der Waals surface area contributed by atoms with Crippen molar-refractivity contribution >= 4 is 79.6 Å². The fraction of sp³-hybridized carbons (Fsp3) is 0.385. The van der Waals surface area contributed by atoms with Gasteiger partial charge in [-0.15, -0.1) is 0 Å². The van der Waals surface area contributed by atoms with Crippen LogP contribution in [-0.4, -0.2) is 69.4 Å². The molecule has 0 aliphatic rings. The standard InChI is InChI=1S/C13H15I3N2O7/c14-8-6(12(24)17-1-4(21)2-19)9(15)11(23)10(16)7(8)13(25)18-5(22)3-20/h4-5,19-23H,1-3H2,(H,17,24)(H,18,25). The molecular weight excluding hydrogens is 677 g/mol. The van der Waals surface area contributed by atoms with Crippen LogP contribution >= 0.6 is 67.8 Å². The largest absolute Gasteiger partial charge is 0.506 e. The molecule has 1 aromatic rings. The van der Waals surface area contributed by atoms with Gasteiger partial charge in [-0.1, -0.05) is 0 Å². The fourth-order valence-corrected chi connectivity index (χ4v) is 5.83. The van der Waals surface area contributed by atoms with Crippen LogP contribution in [0.3, 0.4) is 0 Å². The van der Waals surface area contributed by atoms with Crippen molar-refractivity contribution in [2.24, 2.45) is 0 Å². The Hall–Kier alpha value is -0.0100. The zero-order valence-electron chi connectivity index (χ0n) is 12.5. The Balaban J connectivity index is 3.31. The Morgan fingerprint density at radius 2 is 1.44 bits per heavy atom. The van der Waals surface area contributed by atoms with E-state index in [1.165, 1.54) is 0 Å². The van der Waals surface area contributed by atoms with Gasteiger partial charge in [-0.25, -0.2) is 0 Å². The average Bonchev–Trinajstić information content (AvgIpc) is 2.57. The fourth-order valence-electron chi connectivity index (χ4n) is 1.68. The van der Waals surface area contributed by atoms with E-state index >= 15 is 0 Å². The number of aromatic hydroxyl groups is 1. The van der Waals surface area contributed by atoms with E-state index in [1.54, 1.807) is 67.8 Å². The monoisotopic (exact) mass is 692 g/mol. The van der Waals surface area contributed by atoms with Crippen LogP contribution in [0.25, 0.3) is 0 Å². The number of hydrogen-bond donors (Lipinski definition) is 7. The molecule has 140 valence electrons. The van der Waals surface area contributed by atoms with Gasteiger partial charge in [0.05, 0.1) is 37.6 Å². The van der Waals surface area contributed by atoms with Gasteiger partial charge >= 0.3 is 0 Å². The number of aliphatic hydroxyl groups excluding tert-OH is 4. The highest BCUT2D eigenvalue weighted by Gasteiger charge is 2.28. The van der Waals surface area contributed by atoms with Crippen LogP contribution < -0.4 is 10.6 Å². The lowest BCUT2D eigenvalue weighted by Gasteiger charge is -2.18. The topological polar surface area (TPSA) is 159 Å². The smallest absolute Gasteiger partial charge is 0.255 e. The second-order valence-electron chi connectivity index (χ2n) is 4.76. The van der Waals surface area contributed by atoms with Crippen molar-refractivity contribution in [1.29, 1.82) is 0 Å². The number of phenolic OH excluding ortho intramolecular Hbond substituents is 1. The van der Waals surface area contributed by atoms with E-state index in [4.69, 9.17) is 10.2 Å². The van der Waals surface area contributed by atoms with Gasteiger partial charge in [-0.2, -0.15) is 0 Å². The van der Waals surface area contributed by atoms with Crippen LogP contribution in [0.4, 0.5) is 0 Å². The molecule has 2 atom stereocenters. The minimum absolute atomic E-state index is 0.0212. The van der Waals surface area contributed by atoms with Crippen molar-refractivity contribution in [1.82, 2.24) is 10.6 Å². The quantitative estimate of drug-likeness (QED) is 0.148. The van der Waals surface area contributed by atoms with Crippen LogP contribution in [0.5, 0.6) is 5.75 Å². The molecule has 0 fully saturated rings. The number of aliphatic hydroxyl groups is 4. The lowest BCUT2D eigenvalue weighted by atomic mass is 10.1. The van der Waals surface area contributed by atoms with E-state index in [9.17, 15) is 24.9 Å². The number of carbonyl (C=O) groups excluding carboxylic acids is 2. The summed E-state index contributed by atoms with van der Waals surface area (Å²) in [5, 5.41) is 51.1. The Morgan fingerprint density at radius 3 is 1.92 bits per heavy atom. The third kappa shape index (κ3) is 5.73. The normalized spacial score (nSPS) is 13.2. The third-order valence-corrected chi connectivity index (χ3v) is 6.11. The molecule has 0 saturated heterocycles. The molecule has 9 nitrogen and oxygen atoms in total. The zero-order valence-corrected chi connectivity index (χ0v) is 18.9. The van der Waals surface area contributed by atoms with E-state index in [0.717, 1.165) is 0 Å². The molecular formula is C13H15I3N2O7. The average molecular weight is 692 g/mol. The predicted octanol–water partition coefficient (Wildman–Crippen LogP) is -0.671. The molecule has 0 heterocycles. The van der Waals surface area contributed by atoms with Gasteiger partial charge in [0.1, 0.15) is 12.0 Å². The van der Waals surface area contributed by atoms with E-state index < -0.39 is 37.4 Å². The number of benzene rings is 1. The van der Waals surface area contributed by atoms with Gasteiger partial charge in [0.15, 0.2) is 0 Å². The van der Waals surface area contributed by atoms with Crippen molar-refractivity contribution in [2.45, 2.75) is 12.3 Å². The summed E-state index contributed by atoms with van der Waals surface area (Å²) in [7, 11) is 0. The Labute approximate surface area is 183 Å². The van der Waals surface area contributed by atoms with Gasteiger partial charge in [-0.3, -0.25) is 9.59 Å². The molecule has 1 rings (SSSR count). The number of halogens is 3. The summed E-state index contributed by atoms with van der Waals surface area (Å²) in [5.41, 5.74) is -0.00707. The first kappa shape index (κ1) is 23.0. The number of carbonyl (C=O) groups is 2. The maximum absolute atomic E-state index is 12.4. The molecule has 0 bridgehead atoms. The Bertz CT molecular complexity index is 672. The van der Waals surface area contributed by atoms with Crippen LogP contribution in [0, 0.1) is 10.7 Å². The highest BCUT2D eigenvalue weighted by atomic mass is 127. The minimum atomic E-state index is -1.49. The first-order valence-corrected chi connectivity index (χ1v) is 9.95. The van der Waals surface area contributed by atoms with E-state index in [2.05, 4.69) is 10.6 Å². The van der Waals surface area contributed by atoms with Crippen LogP contribution in [0.2, 0.25) is 0 Å². The molecule has 2 amide bonds. The summed E-state index contributed by atoms with van der Waals surface area (Å²) in [5.74, 6) is -1.70. The van der Waals surface area contributed by atoms with Crippen molar-refractivity contribution in [2.75, 3.05) is 19.8 Å². The molecule has 0 aliphatic carbocycles. The summed E-state index contributed by atoms with van der Waals surface area (Å²) in [4.78, 5) is 24.7. The lowest BCUT2D eigenvalue weighted by molar-refractivity contribution is 0.0547. The lowest BCUT2D eigenvalue weighted by Crippen LogP contribution is -2.39. The molecule has 7 N–H and O–H groups in total. The molecule has 1 aromatic carbocycles. The number of rotatable bonds is 7. The molecule has 25 heavy (non-hydrogen) atoms. The second kappa shape index (κ2) is 10.4. The SMILES string of the molecule is O=C(NCC(O)CO)c1c(I)c(O)c(I)c(C(=O)NC(O)CO)c1I. The molecule has 0 radical (unpaired) electrons. The van der Waals surface area contributed by atoms with Crippen LogP contribution in [-0.2, 0) is 0 Å². The van der Waals surface area contributed by atoms with Gasteiger partial charge in [0.25, 0.3) is 11.8 Å². The summed E-state index contributed by atoms with van der Waals surface area (Å²) in [6.07, 6.45) is -2.63. The van der Waals surface area contributed by atoms with Crippen molar-refractivity contribution in [3.63, 3.8) is 0 Å². The third-order valence-electron chi connectivity index (χ3n) is 2.93. The summed E-state index contributed by atoms with van der Waals surface area (Å²) in [6.45, 7) is -1.43. The number of amides is 2. The first-order valence-electron chi connectivity index (χ1n) is 6.71. The highest BCUT2D eigenvalue weighted by Crippen LogP contribution is 2.36. The second-order valence-corrected chi connectivity index (χ2v) is 8.00. The van der Waals surface area contributed by atoms with E-state index in [0.29, 0.717) is 0 Å². The summed E-state index contributed by atoms with van der Waals surface area (Å²) < 4.78 is 0.616. The van der Waals surface area contributed by atoms with Gasteiger partial charge in [0, 0.05) is 10.1 Å². The molecule has 0 spiro atoms. The molecule has 12 heteroatoms. The Morgan fingerprint density at radius 1 is 0.920 bits per heavy atom. The van der Waals surface area contributed by atoms with Crippen LogP contribution in [0.15, 0.2) is 0 Å². The van der Waals surface area contributed by atoms with Crippen LogP contribution in [0.1, 0.15) is 20.7 Å². The maximum Gasteiger partial charge on any atom is 0.255 e.